The van der Waals surface area contributed by atoms with Crippen LogP contribution < -0.4 is 20.7 Å². The van der Waals surface area contributed by atoms with Crippen molar-refractivity contribution in [1.82, 2.24) is 5.32 Å². The predicted molar refractivity (Wildman–Crippen MR) is 120 cm³/mol. The Morgan fingerprint density at radius 1 is 0.938 bits per heavy atom. The van der Waals surface area contributed by atoms with E-state index in [1.165, 1.54) is 31.4 Å². The summed E-state index contributed by atoms with van der Waals surface area (Å²) >= 11 is 5.72. The molecular weight excluding hydrogens is 437 g/mol. The maximum absolute atomic E-state index is 14.0. The van der Waals surface area contributed by atoms with Gasteiger partial charge < -0.3 is 20.7 Å². The number of hydrogen-bond acceptors (Lipinski definition) is 4. The Balaban J connectivity index is 1.66. The monoisotopic (exact) mass is 455 g/mol. The molecule has 0 atom stereocenters. The van der Waals surface area contributed by atoms with E-state index in [4.69, 9.17) is 16.3 Å². The molecule has 9 heteroatoms. The Hall–Kier alpha value is -3.91. The summed E-state index contributed by atoms with van der Waals surface area (Å²) in [6.07, 6.45) is 0. The number of amides is 3. The maximum atomic E-state index is 14.0. The third kappa shape index (κ3) is 5.83. The molecule has 0 aliphatic heterocycles. The number of benzene rings is 3. The van der Waals surface area contributed by atoms with Gasteiger partial charge in [0.2, 0.25) is 5.91 Å². The quantitative estimate of drug-likeness (QED) is 0.499. The van der Waals surface area contributed by atoms with E-state index in [9.17, 15) is 18.8 Å². The summed E-state index contributed by atoms with van der Waals surface area (Å²) in [4.78, 5) is 36.8. The normalized spacial score (nSPS) is 10.2. The zero-order valence-corrected chi connectivity index (χ0v) is 17.7. The lowest BCUT2D eigenvalue weighted by molar-refractivity contribution is -0.115. The summed E-state index contributed by atoms with van der Waals surface area (Å²) in [6.45, 7) is -0.253. The highest BCUT2D eigenvalue weighted by Crippen LogP contribution is 2.28. The molecule has 0 aliphatic rings. The van der Waals surface area contributed by atoms with Crippen molar-refractivity contribution in [2.75, 3.05) is 24.3 Å². The number of methoxy groups -OCH3 is 1. The van der Waals surface area contributed by atoms with Gasteiger partial charge in [-0.05, 0) is 48.5 Å². The molecule has 0 aliphatic carbocycles. The van der Waals surface area contributed by atoms with E-state index in [0.717, 1.165) is 6.07 Å². The molecule has 3 amide bonds. The molecule has 0 aromatic heterocycles. The van der Waals surface area contributed by atoms with Gasteiger partial charge in [0.25, 0.3) is 11.8 Å². The van der Waals surface area contributed by atoms with Crippen LogP contribution in [0.2, 0.25) is 5.02 Å². The Morgan fingerprint density at radius 3 is 2.38 bits per heavy atom. The van der Waals surface area contributed by atoms with Gasteiger partial charge in [0.05, 0.1) is 24.9 Å². The minimum absolute atomic E-state index is 0.167. The van der Waals surface area contributed by atoms with Gasteiger partial charge in [0, 0.05) is 16.3 Å². The largest absolute Gasteiger partial charge is 0.495 e. The van der Waals surface area contributed by atoms with Gasteiger partial charge in [0.15, 0.2) is 0 Å². The number of hydrogen-bond donors (Lipinski definition) is 3. The first-order chi connectivity index (χ1) is 15.4. The van der Waals surface area contributed by atoms with Crippen LogP contribution in [0.15, 0.2) is 66.7 Å². The van der Waals surface area contributed by atoms with Crippen LogP contribution in [0.1, 0.15) is 20.7 Å². The molecule has 32 heavy (non-hydrogen) atoms. The number of ether oxygens (including phenoxy) is 1. The van der Waals surface area contributed by atoms with E-state index < -0.39 is 17.6 Å². The van der Waals surface area contributed by atoms with Crippen LogP contribution in [0.25, 0.3) is 0 Å². The molecule has 3 aromatic carbocycles. The highest BCUT2D eigenvalue weighted by atomic mass is 35.5. The minimum Gasteiger partial charge on any atom is -0.495 e. The fourth-order valence-corrected chi connectivity index (χ4v) is 2.96. The Labute approximate surface area is 188 Å². The fraction of sp³-hybridized carbons (Fsp3) is 0.0870. The first-order valence-corrected chi connectivity index (χ1v) is 9.82. The molecule has 0 fully saturated rings. The number of carbonyl (C=O) groups is 3. The number of halogens is 2. The lowest BCUT2D eigenvalue weighted by atomic mass is 10.2. The van der Waals surface area contributed by atoms with E-state index >= 15 is 0 Å². The molecule has 0 spiro atoms. The molecule has 3 N–H and O–H groups in total. The summed E-state index contributed by atoms with van der Waals surface area (Å²) in [5.74, 6) is -2.03. The first-order valence-electron chi connectivity index (χ1n) is 9.45. The van der Waals surface area contributed by atoms with Crippen LogP contribution in [0.5, 0.6) is 5.75 Å². The summed E-state index contributed by atoms with van der Waals surface area (Å²) in [5, 5.41) is 7.87. The second-order valence-electron chi connectivity index (χ2n) is 6.59. The topological polar surface area (TPSA) is 96.5 Å². The van der Waals surface area contributed by atoms with E-state index in [1.807, 2.05) is 0 Å². The van der Waals surface area contributed by atoms with Crippen molar-refractivity contribution < 1.29 is 23.5 Å². The van der Waals surface area contributed by atoms with E-state index in [-0.39, 0.29) is 28.7 Å². The molecule has 0 bridgehead atoms. The lowest BCUT2D eigenvalue weighted by Crippen LogP contribution is -2.32. The van der Waals surface area contributed by atoms with Crippen LogP contribution >= 0.6 is 11.6 Å². The average Bonchev–Trinajstić information content (AvgIpc) is 2.78. The van der Waals surface area contributed by atoms with Crippen molar-refractivity contribution in [3.8, 4) is 5.75 Å². The standard InChI is InChI=1S/C23H19ClFN3O4/c1-32-20-10-8-16(27-21(29)13-26-22(30)14-5-3-2-4-6-14)12-19(20)28-23(31)17-9-7-15(24)11-18(17)25/h2-12H,13H2,1H3,(H,26,30)(H,27,29)(H,28,31). The molecule has 0 heterocycles. The van der Waals surface area contributed by atoms with Gasteiger partial charge in [-0.3, -0.25) is 14.4 Å². The zero-order chi connectivity index (χ0) is 23.1. The second-order valence-corrected chi connectivity index (χ2v) is 7.03. The Bertz CT molecular complexity index is 1160. The van der Waals surface area contributed by atoms with Crippen molar-refractivity contribution in [3.05, 3.63) is 88.7 Å². The van der Waals surface area contributed by atoms with E-state index in [1.54, 1.807) is 36.4 Å². The van der Waals surface area contributed by atoms with Gasteiger partial charge in [-0.25, -0.2) is 4.39 Å². The van der Waals surface area contributed by atoms with Crippen molar-refractivity contribution in [2.45, 2.75) is 0 Å². The Kier molecular flexibility index (Phi) is 7.41. The molecule has 0 radical (unpaired) electrons. The van der Waals surface area contributed by atoms with Crippen LogP contribution in [0.4, 0.5) is 15.8 Å². The fourth-order valence-electron chi connectivity index (χ4n) is 2.80. The van der Waals surface area contributed by atoms with E-state index in [2.05, 4.69) is 16.0 Å². The highest BCUT2D eigenvalue weighted by molar-refractivity contribution is 6.30. The molecule has 3 rings (SSSR count). The molecule has 0 saturated carbocycles. The molecule has 0 unspecified atom stereocenters. The summed E-state index contributed by atoms with van der Waals surface area (Å²) in [7, 11) is 1.41. The molecular formula is C23H19ClFN3O4. The van der Waals surface area contributed by atoms with Gasteiger partial charge in [-0.2, -0.15) is 0 Å². The number of anilines is 2. The predicted octanol–water partition coefficient (Wildman–Crippen LogP) is 4.11. The smallest absolute Gasteiger partial charge is 0.258 e. The van der Waals surface area contributed by atoms with Gasteiger partial charge in [-0.1, -0.05) is 29.8 Å². The summed E-state index contributed by atoms with van der Waals surface area (Å²) in [5.41, 5.74) is 0.799. The lowest BCUT2D eigenvalue weighted by Gasteiger charge is -2.13. The van der Waals surface area contributed by atoms with Crippen molar-refractivity contribution >= 4 is 40.7 Å². The first kappa shape index (κ1) is 22.8. The van der Waals surface area contributed by atoms with Gasteiger partial charge in [-0.15, -0.1) is 0 Å². The Morgan fingerprint density at radius 2 is 1.69 bits per heavy atom. The molecule has 164 valence electrons. The van der Waals surface area contributed by atoms with Crippen molar-refractivity contribution in [2.24, 2.45) is 0 Å². The van der Waals surface area contributed by atoms with E-state index in [0.29, 0.717) is 17.0 Å². The maximum Gasteiger partial charge on any atom is 0.258 e. The highest BCUT2D eigenvalue weighted by Gasteiger charge is 2.16. The summed E-state index contributed by atoms with van der Waals surface area (Å²) < 4.78 is 19.3. The number of nitrogens with one attached hydrogen (secondary N) is 3. The summed E-state index contributed by atoms with van der Waals surface area (Å²) in [6, 6.07) is 16.7. The van der Waals surface area contributed by atoms with Crippen molar-refractivity contribution in [3.63, 3.8) is 0 Å². The van der Waals surface area contributed by atoms with Gasteiger partial charge >= 0.3 is 0 Å². The zero-order valence-electron chi connectivity index (χ0n) is 16.9. The minimum atomic E-state index is -0.771. The molecule has 3 aromatic rings. The van der Waals surface area contributed by atoms with Gasteiger partial charge in [0.1, 0.15) is 11.6 Å². The number of carbonyl (C=O) groups excluding carboxylic acids is 3. The SMILES string of the molecule is COc1ccc(NC(=O)CNC(=O)c2ccccc2)cc1NC(=O)c1ccc(Cl)cc1F. The molecule has 0 saturated heterocycles. The van der Waals surface area contributed by atoms with Crippen LogP contribution in [0, 0.1) is 5.82 Å². The number of rotatable bonds is 7. The van der Waals surface area contributed by atoms with Crippen LogP contribution in [0.3, 0.4) is 0 Å². The third-order valence-corrected chi connectivity index (χ3v) is 4.59. The van der Waals surface area contributed by atoms with Crippen molar-refractivity contribution in [1.29, 1.82) is 0 Å². The third-order valence-electron chi connectivity index (χ3n) is 4.35. The van der Waals surface area contributed by atoms with Crippen LogP contribution in [-0.2, 0) is 4.79 Å². The molecule has 7 nitrogen and oxygen atoms in total. The van der Waals surface area contributed by atoms with Crippen LogP contribution in [-0.4, -0.2) is 31.4 Å². The second kappa shape index (κ2) is 10.4. The average molecular weight is 456 g/mol.